The van der Waals surface area contributed by atoms with Gasteiger partial charge in [-0.3, -0.25) is 15.0 Å². The highest BCUT2D eigenvalue weighted by atomic mass is 16.2. The van der Waals surface area contributed by atoms with Gasteiger partial charge in [-0.2, -0.15) is 0 Å². The third kappa shape index (κ3) is 3.07. The summed E-state index contributed by atoms with van der Waals surface area (Å²) in [6.45, 7) is 1.79. The molecule has 0 saturated heterocycles. The first-order chi connectivity index (χ1) is 7.15. The minimum Gasteiger partial charge on any atom is -0.341 e. The van der Waals surface area contributed by atoms with Gasteiger partial charge in [-0.15, -0.1) is 0 Å². The average molecular weight is 207 g/mol. The molecule has 1 rings (SSSR count). The van der Waals surface area contributed by atoms with Gasteiger partial charge in [0.2, 0.25) is 0 Å². The van der Waals surface area contributed by atoms with Crippen molar-refractivity contribution in [1.29, 1.82) is 0 Å². The lowest BCUT2D eigenvalue weighted by Crippen LogP contribution is -2.43. The molecule has 2 amide bonds. The van der Waals surface area contributed by atoms with Crippen LogP contribution in [0.2, 0.25) is 0 Å². The number of nitrogens with two attached hydrogens (primary N) is 1. The molecule has 0 radical (unpaired) electrons. The number of carbonyl (C=O) groups excluding carboxylic acids is 2. The maximum absolute atomic E-state index is 11.2. The van der Waals surface area contributed by atoms with Gasteiger partial charge in [-0.25, -0.2) is 5.84 Å². The molecule has 1 aromatic carbocycles. The van der Waals surface area contributed by atoms with Gasteiger partial charge < -0.3 is 5.32 Å². The summed E-state index contributed by atoms with van der Waals surface area (Å²) < 4.78 is 0. The number of amides is 2. The van der Waals surface area contributed by atoms with Crippen LogP contribution in [0.1, 0.15) is 18.5 Å². The minimum absolute atomic E-state index is 0.226. The molecule has 0 bridgehead atoms. The molecule has 0 heterocycles. The van der Waals surface area contributed by atoms with Gasteiger partial charge in [0.05, 0.1) is 6.04 Å². The van der Waals surface area contributed by atoms with Crippen LogP contribution in [0.25, 0.3) is 0 Å². The molecule has 0 aliphatic heterocycles. The molecule has 80 valence electrons. The van der Waals surface area contributed by atoms with Crippen LogP contribution in [0.3, 0.4) is 0 Å². The van der Waals surface area contributed by atoms with Crippen LogP contribution < -0.4 is 16.6 Å². The second-order valence-electron chi connectivity index (χ2n) is 3.08. The molecule has 5 heteroatoms. The highest BCUT2D eigenvalue weighted by Gasteiger charge is 2.15. The fourth-order valence-corrected chi connectivity index (χ4v) is 1.15. The Morgan fingerprint density at radius 2 is 1.80 bits per heavy atom. The molecule has 4 N–H and O–H groups in total. The van der Waals surface area contributed by atoms with E-state index in [-0.39, 0.29) is 6.04 Å². The van der Waals surface area contributed by atoms with Gasteiger partial charge in [-0.1, -0.05) is 30.3 Å². The smallest absolute Gasteiger partial charge is 0.323 e. The Labute approximate surface area is 87.6 Å². The summed E-state index contributed by atoms with van der Waals surface area (Å²) >= 11 is 0. The van der Waals surface area contributed by atoms with Gasteiger partial charge in [0, 0.05) is 0 Å². The van der Waals surface area contributed by atoms with E-state index < -0.39 is 11.8 Å². The van der Waals surface area contributed by atoms with E-state index in [9.17, 15) is 9.59 Å². The first-order valence-electron chi connectivity index (χ1n) is 4.51. The number of hydrazine groups is 1. The molecule has 15 heavy (non-hydrogen) atoms. The van der Waals surface area contributed by atoms with E-state index in [4.69, 9.17) is 5.84 Å². The van der Waals surface area contributed by atoms with Crippen molar-refractivity contribution in [2.24, 2.45) is 5.84 Å². The highest BCUT2D eigenvalue weighted by molar-refractivity contribution is 6.34. The Bertz CT molecular complexity index is 351. The Morgan fingerprint density at radius 3 is 2.33 bits per heavy atom. The van der Waals surface area contributed by atoms with Gasteiger partial charge in [0.1, 0.15) is 0 Å². The Hall–Kier alpha value is -1.88. The van der Waals surface area contributed by atoms with E-state index in [1.807, 2.05) is 30.3 Å². The molecular formula is C10H13N3O2. The van der Waals surface area contributed by atoms with E-state index >= 15 is 0 Å². The molecule has 1 atom stereocenters. The van der Waals surface area contributed by atoms with Gasteiger partial charge in [0.25, 0.3) is 0 Å². The zero-order valence-electron chi connectivity index (χ0n) is 8.36. The number of benzene rings is 1. The summed E-state index contributed by atoms with van der Waals surface area (Å²) in [5.41, 5.74) is 2.70. The number of hydrogen-bond donors (Lipinski definition) is 3. The third-order valence-corrected chi connectivity index (χ3v) is 1.98. The second kappa shape index (κ2) is 5.11. The first kappa shape index (κ1) is 11.2. The fraction of sp³-hybridized carbons (Fsp3) is 0.200. The quantitative estimate of drug-likeness (QED) is 0.273. The number of nitrogens with one attached hydrogen (secondary N) is 2. The van der Waals surface area contributed by atoms with Crippen LogP contribution in [0, 0.1) is 0 Å². The number of hydrogen-bond acceptors (Lipinski definition) is 3. The molecule has 0 spiro atoms. The van der Waals surface area contributed by atoms with Crippen molar-refractivity contribution in [2.75, 3.05) is 0 Å². The fourth-order valence-electron chi connectivity index (χ4n) is 1.15. The molecule has 0 fully saturated rings. The lowest BCUT2D eigenvalue weighted by molar-refractivity contribution is -0.139. The average Bonchev–Trinajstić information content (AvgIpc) is 2.29. The predicted molar refractivity (Wildman–Crippen MR) is 55.3 cm³/mol. The molecule has 0 aliphatic rings. The normalized spacial score (nSPS) is 11.6. The van der Waals surface area contributed by atoms with E-state index in [0.717, 1.165) is 5.56 Å². The lowest BCUT2D eigenvalue weighted by Gasteiger charge is -2.12. The molecule has 0 aliphatic carbocycles. The molecular weight excluding hydrogens is 194 g/mol. The van der Waals surface area contributed by atoms with Crippen molar-refractivity contribution in [1.82, 2.24) is 10.7 Å². The zero-order valence-corrected chi connectivity index (χ0v) is 8.36. The van der Waals surface area contributed by atoms with Crippen LogP contribution >= 0.6 is 0 Å². The maximum atomic E-state index is 11.2. The zero-order chi connectivity index (χ0) is 11.3. The van der Waals surface area contributed by atoms with Crippen molar-refractivity contribution in [3.05, 3.63) is 35.9 Å². The van der Waals surface area contributed by atoms with Gasteiger partial charge >= 0.3 is 11.8 Å². The first-order valence-corrected chi connectivity index (χ1v) is 4.51. The van der Waals surface area contributed by atoms with Gasteiger partial charge in [0.15, 0.2) is 0 Å². The Morgan fingerprint density at radius 1 is 1.20 bits per heavy atom. The molecule has 1 aromatic rings. The SMILES string of the molecule is C[C@@H](NC(=O)C(=O)NN)c1ccccc1. The van der Waals surface area contributed by atoms with Crippen LogP contribution in [-0.4, -0.2) is 11.8 Å². The summed E-state index contributed by atoms with van der Waals surface area (Å²) in [6.07, 6.45) is 0. The summed E-state index contributed by atoms with van der Waals surface area (Å²) in [5, 5.41) is 2.52. The minimum atomic E-state index is -0.849. The van der Waals surface area contributed by atoms with E-state index in [2.05, 4.69) is 5.32 Å². The van der Waals surface area contributed by atoms with Crippen LogP contribution in [0.5, 0.6) is 0 Å². The predicted octanol–water partition coefficient (Wildman–Crippen LogP) is -0.146. The van der Waals surface area contributed by atoms with Crippen molar-refractivity contribution in [3.8, 4) is 0 Å². The third-order valence-electron chi connectivity index (χ3n) is 1.98. The maximum Gasteiger partial charge on any atom is 0.323 e. The monoisotopic (exact) mass is 207 g/mol. The summed E-state index contributed by atoms with van der Waals surface area (Å²) in [4.78, 5) is 22.0. The van der Waals surface area contributed by atoms with Crippen molar-refractivity contribution in [2.45, 2.75) is 13.0 Å². The number of rotatable bonds is 2. The summed E-state index contributed by atoms with van der Waals surface area (Å²) in [5.74, 6) is 3.24. The van der Waals surface area contributed by atoms with E-state index in [0.29, 0.717) is 0 Å². The lowest BCUT2D eigenvalue weighted by atomic mass is 10.1. The van der Waals surface area contributed by atoms with Crippen molar-refractivity contribution in [3.63, 3.8) is 0 Å². The Balaban J connectivity index is 2.60. The van der Waals surface area contributed by atoms with Crippen LogP contribution in [0.15, 0.2) is 30.3 Å². The van der Waals surface area contributed by atoms with E-state index in [1.54, 1.807) is 12.3 Å². The summed E-state index contributed by atoms with van der Waals surface area (Å²) in [6, 6.07) is 9.11. The Kier molecular flexibility index (Phi) is 3.82. The molecule has 0 saturated carbocycles. The second-order valence-corrected chi connectivity index (χ2v) is 3.08. The van der Waals surface area contributed by atoms with Crippen molar-refractivity contribution >= 4 is 11.8 Å². The number of carbonyl (C=O) groups is 2. The largest absolute Gasteiger partial charge is 0.341 e. The van der Waals surface area contributed by atoms with Crippen LogP contribution in [-0.2, 0) is 9.59 Å². The van der Waals surface area contributed by atoms with Crippen LogP contribution in [0.4, 0.5) is 0 Å². The molecule has 0 aromatic heterocycles. The van der Waals surface area contributed by atoms with Gasteiger partial charge in [-0.05, 0) is 12.5 Å². The molecule has 5 nitrogen and oxygen atoms in total. The van der Waals surface area contributed by atoms with E-state index in [1.165, 1.54) is 0 Å². The standard InChI is InChI=1S/C10H13N3O2/c1-7(8-5-3-2-4-6-8)12-9(14)10(15)13-11/h2-7H,11H2,1H3,(H,12,14)(H,13,15)/t7-/m1/s1. The highest BCUT2D eigenvalue weighted by Crippen LogP contribution is 2.10. The van der Waals surface area contributed by atoms with Crippen molar-refractivity contribution < 1.29 is 9.59 Å². The molecule has 0 unspecified atom stereocenters. The topological polar surface area (TPSA) is 84.2 Å². The summed E-state index contributed by atoms with van der Waals surface area (Å²) in [7, 11) is 0.